The minimum atomic E-state index is -0.133. The summed E-state index contributed by atoms with van der Waals surface area (Å²) in [6, 6.07) is 15.3. The number of hydrogen-bond acceptors (Lipinski definition) is 8. The number of halogens is 2. The second kappa shape index (κ2) is 29.4. The zero-order valence-electron chi connectivity index (χ0n) is 50.1. The minimum absolute atomic E-state index is 0. The summed E-state index contributed by atoms with van der Waals surface area (Å²) in [5.41, 5.74) is 30.3. The van der Waals surface area contributed by atoms with Gasteiger partial charge in [0, 0.05) is 75.6 Å². The third-order valence-electron chi connectivity index (χ3n) is 16.4. The maximum atomic E-state index is 11.4. The third kappa shape index (κ3) is 15.9. The number of carbonyl (C=O) groups excluding carboxylic acids is 2. The molecule has 1 aliphatic rings. The molecule has 1 aliphatic carbocycles. The van der Waals surface area contributed by atoms with Crippen LogP contribution in [0.2, 0.25) is 0 Å². The fourth-order valence-corrected chi connectivity index (χ4v) is 10.4. The van der Waals surface area contributed by atoms with Gasteiger partial charge >= 0.3 is 0 Å². The number of ether oxygens (including phenoxy) is 2. The molecule has 0 unspecified atom stereocenters. The van der Waals surface area contributed by atoms with Crippen molar-refractivity contribution >= 4 is 43.4 Å². The third-order valence-corrected chi connectivity index (χ3v) is 17.6. The number of Topliss-reactive ketones (excluding diaryl/α,β-unsaturated/α-hetero) is 2. The van der Waals surface area contributed by atoms with E-state index in [9.17, 15) is 19.8 Å². The van der Waals surface area contributed by atoms with E-state index in [2.05, 4.69) is 167 Å². The molecule has 0 amide bonds. The number of nitrogens with zero attached hydrogens (tertiary/aromatic N) is 2. The molecule has 79 heavy (non-hydrogen) atoms. The molecule has 2 heterocycles. The maximum Gasteiger partial charge on any atom is 0.158 e. The van der Waals surface area contributed by atoms with Crippen molar-refractivity contribution in [2.75, 3.05) is 13.2 Å². The number of ketones is 2. The monoisotopic (exact) mass is 1550 g/mol. The van der Waals surface area contributed by atoms with Crippen LogP contribution in [0, 0.1) is 123 Å². The van der Waals surface area contributed by atoms with Crippen molar-refractivity contribution in [3.8, 4) is 45.1 Å². The van der Waals surface area contributed by atoms with E-state index in [-0.39, 0.29) is 63.3 Å². The first-order valence-electron chi connectivity index (χ1n) is 26.6. The Kier molecular flexibility index (Phi) is 25.6. The van der Waals surface area contributed by atoms with Gasteiger partial charge in [-0.2, -0.15) is 0 Å². The first-order chi connectivity index (χ1) is 36.0. The number of pyridine rings is 2. The number of rotatable bonds is 14. The predicted octanol–water partition coefficient (Wildman–Crippen LogP) is 18.0. The topological polar surface area (TPSA) is 119 Å². The first-order valence-corrected chi connectivity index (χ1v) is 28.2. The fraction of sp³-hybridized carbons (Fsp3) is 0.403. The molecule has 8 nitrogen and oxygen atoms in total. The normalized spacial score (nSPS) is 11.8. The smallest absolute Gasteiger partial charge is 0.158 e. The van der Waals surface area contributed by atoms with Gasteiger partial charge in [0.15, 0.2) is 11.6 Å². The standard InChI is InChI=1S/C29H32Br2O6.2C19H24N.2Ir/c1-16(18(3)32)26(34)7-5-9-36-28-14-22-20(12-24(28)30)11-21-13-25(31)29(15-23(21)22)37-10-6-8-27(35)17(2)19(4)33;2*1-10-9-18(15(6)12(3)11(10)2)19-16(7)13(4)14(5)17(8)20-19;;/h12-15,34-35H,5-11H2,1-4H3;2*1-8H3;;/q;2*-1;;/b26-16-,27-17?;;;;. The second-order valence-electron chi connectivity index (χ2n) is 21.1. The van der Waals surface area contributed by atoms with Crippen molar-refractivity contribution in [3.63, 3.8) is 0 Å². The van der Waals surface area contributed by atoms with Gasteiger partial charge in [0.05, 0.1) is 33.7 Å². The van der Waals surface area contributed by atoms with Gasteiger partial charge in [0.2, 0.25) is 0 Å². The molecule has 7 rings (SSSR count). The SMILES string of the molecule is CC(=O)C(C)=C(O)CCCOc1cc2c(cc1Br)Cc1cc(Br)c(OCCC/C(O)=C(\C)C(C)=O)cc1-2.Cc1[c-]c(-c2nc(C)c(C)c(C)c2C)c(C)c(C)c1C.Cc1[c-]c(-c2nc(C)c(C)c(C)c2C)c(C)c(C)c1C.[Ir].[Ir]. The Bertz CT molecular complexity index is 3030. The number of hydrogen-bond donors (Lipinski definition) is 2. The average molecular weight is 1550 g/mol. The Balaban J connectivity index is 0.000000332. The molecule has 0 aliphatic heterocycles. The number of fused-ring (bicyclic) bond motifs is 3. The van der Waals surface area contributed by atoms with E-state index in [0.717, 1.165) is 60.4 Å². The largest absolute Gasteiger partial charge is 0.512 e. The van der Waals surface area contributed by atoms with Crippen LogP contribution in [0.1, 0.15) is 154 Å². The number of aromatic nitrogens is 2. The summed E-state index contributed by atoms with van der Waals surface area (Å²) in [7, 11) is 0. The zero-order chi connectivity index (χ0) is 57.7. The Labute approximate surface area is 516 Å². The molecule has 4 aromatic carbocycles. The van der Waals surface area contributed by atoms with E-state index in [0.29, 0.717) is 61.5 Å². The van der Waals surface area contributed by atoms with E-state index in [4.69, 9.17) is 19.4 Å². The van der Waals surface area contributed by atoms with Crippen LogP contribution in [-0.2, 0) is 56.2 Å². The van der Waals surface area contributed by atoms with E-state index in [1.54, 1.807) is 13.8 Å². The van der Waals surface area contributed by atoms with E-state index >= 15 is 0 Å². The molecule has 6 aromatic rings. The molecular formula is C67H80Br2Ir2N2O6-2. The Morgan fingerprint density at radius 2 is 0.797 bits per heavy atom. The first kappa shape index (κ1) is 68.7. The maximum absolute atomic E-state index is 11.4. The summed E-state index contributed by atoms with van der Waals surface area (Å²) in [6.07, 6.45) is 2.73. The van der Waals surface area contributed by atoms with Gasteiger partial charge in [-0.05, 0) is 203 Å². The number of carbonyl (C=O) groups is 2. The van der Waals surface area contributed by atoms with E-state index in [1.807, 2.05) is 12.1 Å². The summed E-state index contributed by atoms with van der Waals surface area (Å²) in [4.78, 5) is 32.5. The van der Waals surface area contributed by atoms with Gasteiger partial charge in [-0.3, -0.25) is 9.59 Å². The van der Waals surface area contributed by atoms with Crippen molar-refractivity contribution in [2.24, 2.45) is 0 Å². The molecule has 2 N–H and O–H groups in total. The van der Waals surface area contributed by atoms with Crippen LogP contribution >= 0.6 is 31.9 Å². The summed E-state index contributed by atoms with van der Waals surface area (Å²) in [5, 5.41) is 20.1. The second-order valence-corrected chi connectivity index (χ2v) is 22.8. The molecule has 0 saturated heterocycles. The van der Waals surface area contributed by atoms with Crippen LogP contribution < -0.4 is 9.47 Å². The van der Waals surface area contributed by atoms with Gasteiger partial charge in [0.25, 0.3) is 0 Å². The Morgan fingerprint density at radius 1 is 0.481 bits per heavy atom. The number of benzene rings is 4. The molecule has 0 spiro atoms. The molecular weight excluding hydrogens is 1470 g/mol. The molecule has 0 bridgehead atoms. The average Bonchev–Trinajstić information content (AvgIpc) is 3.72. The quantitative estimate of drug-likeness (QED) is 0.0478. The van der Waals surface area contributed by atoms with Crippen molar-refractivity contribution in [1.82, 2.24) is 9.97 Å². The van der Waals surface area contributed by atoms with Gasteiger partial charge in [-0.1, -0.05) is 77.6 Å². The molecule has 2 radical (unpaired) electrons. The van der Waals surface area contributed by atoms with Crippen molar-refractivity contribution in [1.29, 1.82) is 0 Å². The summed E-state index contributed by atoms with van der Waals surface area (Å²) >= 11 is 7.22. The number of allylic oxidation sites excluding steroid dienone is 4. The summed E-state index contributed by atoms with van der Waals surface area (Å²) < 4.78 is 13.7. The van der Waals surface area contributed by atoms with Crippen molar-refractivity contribution in [2.45, 2.75) is 171 Å². The molecule has 428 valence electrons. The van der Waals surface area contributed by atoms with Crippen molar-refractivity contribution < 1.29 is 69.5 Å². The Hall–Kier alpha value is -4.54. The minimum Gasteiger partial charge on any atom is -0.512 e. The molecule has 12 heteroatoms. The van der Waals surface area contributed by atoms with Crippen LogP contribution in [0.3, 0.4) is 0 Å². The summed E-state index contributed by atoms with van der Waals surface area (Å²) in [6.45, 7) is 41.5. The van der Waals surface area contributed by atoms with Crippen molar-refractivity contribution in [3.05, 3.63) is 168 Å². The molecule has 0 atom stereocenters. The van der Waals surface area contributed by atoms with Gasteiger partial charge in [-0.25, -0.2) is 0 Å². The van der Waals surface area contributed by atoms with Crippen LogP contribution in [-0.4, -0.2) is 45.0 Å². The summed E-state index contributed by atoms with van der Waals surface area (Å²) in [5.74, 6) is 1.38. The molecule has 0 saturated carbocycles. The number of aliphatic hydroxyl groups excluding tert-OH is 2. The van der Waals surface area contributed by atoms with E-state index < -0.39 is 0 Å². The Morgan fingerprint density at radius 3 is 1.11 bits per heavy atom. The fourth-order valence-electron chi connectivity index (χ4n) is 9.38. The van der Waals surface area contributed by atoms with Crippen LogP contribution in [0.15, 0.2) is 55.9 Å². The zero-order valence-corrected chi connectivity index (χ0v) is 58.1. The van der Waals surface area contributed by atoms with Gasteiger partial charge in [0.1, 0.15) is 11.5 Å². The molecule has 0 fully saturated rings. The van der Waals surface area contributed by atoms with Crippen LogP contribution in [0.25, 0.3) is 33.6 Å². The predicted molar refractivity (Wildman–Crippen MR) is 324 cm³/mol. The number of aryl methyl sites for hydroxylation is 4. The van der Waals surface area contributed by atoms with Gasteiger partial charge in [-0.15, -0.1) is 67.8 Å². The van der Waals surface area contributed by atoms with Gasteiger partial charge < -0.3 is 29.7 Å². The van der Waals surface area contributed by atoms with Crippen LogP contribution in [0.5, 0.6) is 11.5 Å². The van der Waals surface area contributed by atoms with Crippen LogP contribution in [0.4, 0.5) is 0 Å². The number of aliphatic hydroxyl groups is 2. The van der Waals surface area contributed by atoms with E-state index in [1.165, 1.54) is 103 Å². The molecule has 2 aromatic heterocycles.